The van der Waals surface area contributed by atoms with E-state index in [4.69, 9.17) is 14.9 Å². The SMILES string of the molecule is N=C=O.O=S([O-])c1ccc(Oc2ccccc2)cc1. The number of rotatable bonds is 3. The fourth-order valence-electron chi connectivity index (χ4n) is 1.24. The van der Waals surface area contributed by atoms with E-state index in [0.717, 1.165) is 11.8 Å². The van der Waals surface area contributed by atoms with E-state index < -0.39 is 11.1 Å². The number of para-hydroxylation sites is 1. The minimum absolute atomic E-state index is 0.250. The molecule has 0 aliphatic heterocycles. The van der Waals surface area contributed by atoms with Gasteiger partial charge in [-0.2, -0.15) is 0 Å². The van der Waals surface area contributed by atoms with Crippen LogP contribution in [0.2, 0.25) is 0 Å². The van der Waals surface area contributed by atoms with Crippen molar-refractivity contribution in [3.63, 3.8) is 0 Å². The lowest BCUT2D eigenvalue weighted by Gasteiger charge is -2.07. The summed E-state index contributed by atoms with van der Waals surface area (Å²) in [6.07, 6.45) is 0.750. The molecule has 1 unspecified atom stereocenters. The van der Waals surface area contributed by atoms with E-state index in [9.17, 15) is 8.76 Å². The van der Waals surface area contributed by atoms with Crippen LogP contribution in [0.5, 0.6) is 11.5 Å². The zero-order valence-electron chi connectivity index (χ0n) is 9.74. The molecule has 0 aliphatic carbocycles. The van der Waals surface area contributed by atoms with E-state index >= 15 is 0 Å². The number of carbonyl (C=O) groups excluding carboxylic acids is 1. The quantitative estimate of drug-likeness (QED) is 0.530. The molecular weight excluding hydrogens is 266 g/mol. The van der Waals surface area contributed by atoms with Gasteiger partial charge in [-0.1, -0.05) is 18.2 Å². The number of ether oxygens (including phenoxy) is 1. The highest BCUT2D eigenvalue weighted by Crippen LogP contribution is 2.21. The topological polar surface area (TPSA) is 90.3 Å². The molecule has 0 radical (unpaired) electrons. The van der Waals surface area contributed by atoms with E-state index in [2.05, 4.69) is 0 Å². The average Bonchev–Trinajstić information content (AvgIpc) is 2.41. The molecule has 0 bridgehead atoms. The second kappa shape index (κ2) is 7.94. The molecule has 2 aromatic carbocycles. The van der Waals surface area contributed by atoms with Gasteiger partial charge in [0.05, 0.1) is 0 Å². The molecule has 0 heterocycles. The molecular formula is C13H10NO4S-. The van der Waals surface area contributed by atoms with Crippen LogP contribution < -0.4 is 4.74 Å². The van der Waals surface area contributed by atoms with Gasteiger partial charge in [-0.15, -0.1) is 0 Å². The molecule has 0 fully saturated rings. The van der Waals surface area contributed by atoms with Crippen molar-refractivity contribution in [2.24, 2.45) is 0 Å². The summed E-state index contributed by atoms with van der Waals surface area (Å²) in [5, 5.41) is 5.40. The minimum Gasteiger partial charge on any atom is -0.768 e. The van der Waals surface area contributed by atoms with Gasteiger partial charge in [0.25, 0.3) is 0 Å². The Morgan fingerprint density at radius 2 is 1.47 bits per heavy atom. The maximum absolute atomic E-state index is 10.6. The van der Waals surface area contributed by atoms with Gasteiger partial charge in [-0.3, -0.25) is 4.21 Å². The molecule has 0 saturated heterocycles. The molecule has 2 rings (SSSR count). The zero-order chi connectivity index (χ0) is 14.1. The summed E-state index contributed by atoms with van der Waals surface area (Å²) < 4.78 is 26.8. The van der Waals surface area contributed by atoms with Crippen LogP contribution >= 0.6 is 0 Å². The van der Waals surface area contributed by atoms with Crippen LogP contribution in [0.1, 0.15) is 0 Å². The Morgan fingerprint density at radius 3 is 1.95 bits per heavy atom. The molecule has 0 aliphatic rings. The largest absolute Gasteiger partial charge is 0.768 e. The molecule has 0 spiro atoms. The summed E-state index contributed by atoms with van der Waals surface area (Å²) in [4.78, 5) is 8.60. The molecule has 1 N–H and O–H groups in total. The predicted molar refractivity (Wildman–Crippen MR) is 68.6 cm³/mol. The Balaban J connectivity index is 0.000000550. The average molecular weight is 276 g/mol. The van der Waals surface area contributed by atoms with Gasteiger partial charge in [0.2, 0.25) is 6.08 Å². The molecule has 0 amide bonds. The highest BCUT2D eigenvalue weighted by molar-refractivity contribution is 7.79. The lowest BCUT2D eigenvalue weighted by atomic mass is 10.3. The summed E-state index contributed by atoms with van der Waals surface area (Å²) in [5.41, 5.74) is 0. The molecule has 19 heavy (non-hydrogen) atoms. The van der Waals surface area contributed by atoms with Gasteiger partial charge in [0.15, 0.2) is 0 Å². The molecule has 1 atom stereocenters. The first-order valence-corrected chi connectivity index (χ1v) is 6.21. The predicted octanol–water partition coefficient (Wildman–Crippen LogP) is 2.62. The summed E-state index contributed by atoms with van der Waals surface area (Å²) >= 11 is -2.19. The van der Waals surface area contributed by atoms with Crippen molar-refractivity contribution in [3.8, 4) is 11.5 Å². The third-order valence-electron chi connectivity index (χ3n) is 2.00. The molecule has 0 saturated carbocycles. The van der Waals surface area contributed by atoms with Crippen molar-refractivity contribution in [3.05, 3.63) is 54.6 Å². The summed E-state index contributed by atoms with van der Waals surface area (Å²) in [6, 6.07) is 15.6. The highest BCUT2D eigenvalue weighted by atomic mass is 32.2. The van der Waals surface area contributed by atoms with Gasteiger partial charge < -0.3 is 9.29 Å². The third kappa shape index (κ3) is 5.27. The van der Waals surface area contributed by atoms with Crippen molar-refractivity contribution < 1.29 is 18.3 Å². The van der Waals surface area contributed by atoms with Gasteiger partial charge in [0, 0.05) is 4.90 Å². The van der Waals surface area contributed by atoms with E-state index in [0.29, 0.717) is 5.75 Å². The van der Waals surface area contributed by atoms with Crippen LogP contribution in [0.25, 0.3) is 0 Å². The second-order valence-corrected chi connectivity index (χ2v) is 4.16. The minimum atomic E-state index is -2.19. The van der Waals surface area contributed by atoms with Crippen molar-refractivity contribution in [1.82, 2.24) is 0 Å². The van der Waals surface area contributed by atoms with Crippen LogP contribution in [0, 0.1) is 5.41 Å². The third-order valence-corrected chi connectivity index (χ3v) is 2.65. The fraction of sp³-hybridized carbons (Fsp3) is 0. The van der Waals surface area contributed by atoms with Crippen LogP contribution in [-0.2, 0) is 15.9 Å². The monoisotopic (exact) mass is 276 g/mol. The molecule has 6 heteroatoms. The normalized spacial score (nSPS) is 10.6. The van der Waals surface area contributed by atoms with E-state index in [-0.39, 0.29) is 4.90 Å². The fourth-order valence-corrected chi connectivity index (χ4v) is 1.60. The van der Waals surface area contributed by atoms with E-state index in [1.54, 1.807) is 12.1 Å². The number of nitrogens with one attached hydrogen (secondary N) is 1. The Kier molecular flexibility index (Phi) is 6.18. The summed E-state index contributed by atoms with van der Waals surface area (Å²) in [5.74, 6) is 1.33. The van der Waals surface area contributed by atoms with Crippen molar-refractivity contribution >= 4 is 17.2 Å². The van der Waals surface area contributed by atoms with Gasteiger partial charge in [-0.05, 0) is 47.5 Å². The first-order chi connectivity index (χ1) is 9.17. The Hall–Kier alpha value is -2.27. The van der Waals surface area contributed by atoms with Crippen LogP contribution in [0.3, 0.4) is 0 Å². The lowest BCUT2D eigenvalue weighted by molar-refractivity contribution is 0.482. The maximum Gasteiger partial charge on any atom is 0.231 e. The molecule has 5 nitrogen and oxygen atoms in total. The number of benzene rings is 2. The second-order valence-electron chi connectivity index (χ2n) is 3.22. The summed E-state index contributed by atoms with van der Waals surface area (Å²) in [6.45, 7) is 0. The van der Waals surface area contributed by atoms with Crippen molar-refractivity contribution in [2.75, 3.05) is 0 Å². The Morgan fingerprint density at radius 1 is 1.00 bits per heavy atom. The molecule has 98 valence electrons. The van der Waals surface area contributed by atoms with E-state index in [1.165, 1.54) is 12.1 Å². The maximum atomic E-state index is 10.6. The number of hydrogen-bond donors (Lipinski definition) is 1. The van der Waals surface area contributed by atoms with Gasteiger partial charge in [-0.25, -0.2) is 10.2 Å². The first-order valence-electron chi connectivity index (χ1n) is 5.13. The number of isocyanates is 1. The van der Waals surface area contributed by atoms with Gasteiger partial charge >= 0.3 is 0 Å². The molecule has 2 aromatic rings. The Labute approximate surface area is 112 Å². The summed E-state index contributed by atoms with van der Waals surface area (Å²) in [7, 11) is 0. The van der Waals surface area contributed by atoms with Crippen molar-refractivity contribution in [1.29, 1.82) is 5.41 Å². The number of hydrogen-bond acceptors (Lipinski definition) is 5. The molecule has 0 aromatic heterocycles. The van der Waals surface area contributed by atoms with Crippen LogP contribution in [0.15, 0.2) is 59.5 Å². The van der Waals surface area contributed by atoms with E-state index in [1.807, 2.05) is 30.3 Å². The standard InChI is InChI=1S/C12H10O3S.CHNO/c13-16(14)12-8-6-11(7-9-12)15-10-4-2-1-3-5-10;2-1-3/h1-9H,(H,13,14);2H/p-1. The smallest absolute Gasteiger partial charge is 0.231 e. The first kappa shape index (κ1) is 14.8. The van der Waals surface area contributed by atoms with Crippen molar-refractivity contribution in [2.45, 2.75) is 4.90 Å². The van der Waals surface area contributed by atoms with Crippen LogP contribution in [-0.4, -0.2) is 14.8 Å². The lowest BCUT2D eigenvalue weighted by Crippen LogP contribution is -1.89. The zero-order valence-corrected chi connectivity index (χ0v) is 10.6. The highest BCUT2D eigenvalue weighted by Gasteiger charge is 1.97. The van der Waals surface area contributed by atoms with Crippen LogP contribution in [0.4, 0.5) is 0 Å². The Bertz CT molecular complexity index is 563. The van der Waals surface area contributed by atoms with Gasteiger partial charge in [0.1, 0.15) is 11.5 Å².